The number of fused-ring (bicyclic) bond motifs is 2. The van der Waals surface area contributed by atoms with Crippen LogP contribution in [0.2, 0.25) is 0 Å². The summed E-state index contributed by atoms with van der Waals surface area (Å²) >= 11 is 0. The zero-order chi connectivity index (χ0) is 39.3. The van der Waals surface area contributed by atoms with Crippen molar-refractivity contribution in [3.05, 3.63) is 167 Å². The van der Waals surface area contributed by atoms with Gasteiger partial charge >= 0.3 is 0 Å². The van der Waals surface area contributed by atoms with Crippen LogP contribution in [-0.4, -0.2) is 10.5 Å². The van der Waals surface area contributed by atoms with E-state index in [1.807, 2.05) is 60.7 Å². The van der Waals surface area contributed by atoms with E-state index in [4.69, 9.17) is 26.0 Å². The van der Waals surface area contributed by atoms with Crippen LogP contribution >= 0.6 is 0 Å². The molecule has 2 saturated carbocycles. The summed E-state index contributed by atoms with van der Waals surface area (Å²) in [7, 11) is 1.76. The summed E-state index contributed by atoms with van der Waals surface area (Å²) in [6, 6.07) is 43.9. The predicted molar refractivity (Wildman–Crippen MR) is 227 cm³/mol. The molecular formula is C49H44N4O4. The lowest BCUT2D eigenvalue weighted by Crippen LogP contribution is -2.43. The van der Waals surface area contributed by atoms with Gasteiger partial charge in [0, 0.05) is 57.5 Å². The van der Waals surface area contributed by atoms with Gasteiger partial charge in [-0.2, -0.15) is 0 Å². The fourth-order valence-corrected chi connectivity index (χ4v) is 8.23. The molecule has 0 radical (unpaired) electrons. The van der Waals surface area contributed by atoms with Gasteiger partial charge in [-0.15, -0.1) is 0 Å². The van der Waals surface area contributed by atoms with Crippen molar-refractivity contribution in [3.63, 3.8) is 0 Å². The van der Waals surface area contributed by atoms with Crippen molar-refractivity contribution < 1.29 is 13.6 Å². The molecule has 6 N–H and O–H groups in total. The van der Waals surface area contributed by atoms with E-state index in [0.29, 0.717) is 22.1 Å². The van der Waals surface area contributed by atoms with Gasteiger partial charge in [0.05, 0.1) is 5.39 Å². The lowest BCUT2D eigenvalue weighted by atomic mass is 9.72. The van der Waals surface area contributed by atoms with Crippen molar-refractivity contribution in [1.82, 2.24) is 4.57 Å². The van der Waals surface area contributed by atoms with Crippen LogP contribution in [-0.2, 0) is 18.1 Å². The largest absolute Gasteiger partial charge is 0.455 e. The molecule has 10 rings (SSSR count). The first-order valence-corrected chi connectivity index (χ1v) is 19.5. The summed E-state index contributed by atoms with van der Waals surface area (Å²) in [5, 5.41) is 1.57. The smallest absolute Gasteiger partial charge is 0.262 e. The number of carbonyl (C=O) groups is 1. The van der Waals surface area contributed by atoms with Gasteiger partial charge < -0.3 is 30.6 Å². The average Bonchev–Trinajstić information content (AvgIpc) is 3.81. The molecule has 0 aliphatic heterocycles. The Morgan fingerprint density at radius 2 is 1.09 bits per heavy atom. The first kappa shape index (κ1) is 36.2. The lowest BCUT2D eigenvalue weighted by molar-refractivity contribution is 0.1000. The second-order valence-electron chi connectivity index (χ2n) is 15.6. The van der Waals surface area contributed by atoms with E-state index in [2.05, 4.69) is 60.7 Å². The number of rotatable bonds is 7. The van der Waals surface area contributed by atoms with Crippen molar-refractivity contribution in [2.75, 3.05) is 0 Å². The molecule has 3 heterocycles. The number of aromatic nitrogens is 1. The Bertz CT molecular complexity index is 2810. The van der Waals surface area contributed by atoms with E-state index in [9.17, 15) is 9.59 Å². The van der Waals surface area contributed by atoms with Crippen molar-refractivity contribution in [1.29, 1.82) is 0 Å². The second kappa shape index (κ2) is 14.2. The highest BCUT2D eigenvalue weighted by Gasteiger charge is 2.35. The van der Waals surface area contributed by atoms with Crippen LogP contribution in [0.25, 0.3) is 66.8 Å². The highest BCUT2D eigenvalue weighted by molar-refractivity contribution is 6.05. The maximum absolute atomic E-state index is 12.9. The molecule has 0 unspecified atom stereocenters. The van der Waals surface area contributed by atoms with E-state index >= 15 is 0 Å². The van der Waals surface area contributed by atoms with E-state index in [-0.39, 0.29) is 16.6 Å². The van der Waals surface area contributed by atoms with Crippen molar-refractivity contribution in [2.24, 2.45) is 24.2 Å². The van der Waals surface area contributed by atoms with Gasteiger partial charge in [0.25, 0.3) is 5.56 Å². The molecular weight excluding hydrogens is 709 g/mol. The number of benzene rings is 5. The Morgan fingerprint density at radius 1 is 0.596 bits per heavy atom. The highest BCUT2D eigenvalue weighted by atomic mass is 16.3. The van der Waals surface area contributed by atoms with E-state index in [0.717, 1.165) is 81.5 Å². The number of carbonyl (C=O) groups excluding carboxylic acids is 1. The number of furan rings is 2. The van der Waals surface area contributed by atoms with Gasteiger partial charge in [-0.05, 0) is 85.0 Å². The molecule has 0 spiro atoms. The van der Waals surface area contributed by atoms with Crippen LogP contribution in [0.5, 0.6) is 0 Å². The normalized spacial score (nSPS) is 15.4. The SMILES string of the molecule is Cn1ccc2oc(-c3ccc(C4(N)CCC4)cc3)c(-c3ccccc3)c2c1=O.NC(=O)c1ccc2c(-c3ccccc3)c(-c3ccc(C4(N)CCC4)cc3)oc2c1. The van der Waals surface area contributed by atoms with E-state index in [1.165, 1.54) is 18.4 Å². The van der Waals surface area contributed by atoms with Crippen LogP contribution in [0.4, 0.5) is 0 Å². The second-order valence-corrected chi connectivity index (χ2v) is 15.6. The minimum Gasteiger partial charge on any atom is -0.455 e. The standard InChI is InChI=1S/C25H22N2O2.C24H22N2O2/c26-24(28)18-9-12-20-21(15-18)29-23(22(20)16-5-2-1-3-6-16)17-7-10-19(11-8-17)25(27)13-4-14-25;1-26-15-12-19-21(23(26)27)20(16-6-3-2-4-7-16)22(28-19)17-8-10-18(11-9-17)24(25)13-5-14-24/h1-3,5-12,15H,4,13-14,27H2,(H2,26,28);2-4,6-12,15H,5,13-14,25H2,1H3. The molecule has 57 heavy (non-hydrogen) atoms. The molecule has 2 aliphatic rings. The Balaban J connectivity index is 0.000000148. The van der Waals surface area contributed by atoms with Crippen molar-refractivity contribution in [2.45, 2.75) is 49.6 Å². The summed E-state index contributed by atoms with van der Waals surface area (Å²) < 4.78 is 14.0. The quantitative estimate of drug-likeness (QED) is 0.148. The number of primary amides is 1. The third kappa shape index (κ3) is 6.46. The van der Waals surface area contributed by atoms with Gasteiger partial charge in [-0.1, -0.05) is 109 Å². The summed E-state index contributed by atoms with van der Waals surface area (Å²) in [6.45, 7) is 0. The zero-order valence-electron chi connectivity index (χ0n) is 31.8. The highest BCUT2D eigenvalue weighted by Crippen LogP contribution is 2.44. The van der Waals surface area contributed by atoms with Crippen LogP contribution in [0.3, 0.4) is 0 Å². The number of pyridine rings is 1. The summed E-state index contributed by atoms with van der Waals surface area (Å²) in [5.41, 5.74) is 27.8. The maximum Gasteiger partial charge on any atom is 0.262 e. The Hall–Kier alpha value is -6.48. The van der Waals surface area contributed by atoms with Crippen LogP contribution in [0.1, 0.15) is 60.0 Å². The molecule has 284 valence electrons. The lowest BCUT2D eigenvalue weighted by Gasteiger charge is -2.38. The number of hydrogen-bond donors (Lipinski definition) is 3. The van der Waals surface area contributed by atoms with Gasteiger partial charge in [-0.25, -0.2) is 0 Å². The number of hydrogen-bond acceptors (Lipinski definition) is 6. The minimum absolute atomic E-state index is 0.0571. The molecule has 0 saturated heterocycles. The number of amides is 1. The molecule has 8 heteroatoms. The third-order valence-corrected chi connectivity index (χ3v) is 12.0. The third-order valence-electron chi connectivity index (χ3n) is 12.0. The Labute approximate surface area is 330 Å². The van der Waals surface area contributed by atoms with Gasteiger partial charge in [0.15, 0.2) is 0 Å². The first-order valence-electron chi connectivity index (χ1n) is 19.5. The molecule has 8 aromatic rings. The molecule has 2 fully saturated rings. The summed E-state index contributed by atoms with van der Waals surface area (Å²) in [4.78, 5) is 24.5. The molecule has 0 atom stereocenters. The topological polar surface area (TPSA) is 143 Å². The van der Waals surface area contributed by atoms with E-state index in [1.54, 1.807) is 29.9 Å². The van der Waals surface area contributed by atoms with Gasteiger partial charge in [0.1, 0.15) is 22.7 Å². The molecule has 0 bridgehead atoms. The molecule has 8 nitrogen and oxygen atoms in total. The molecule has 5 aromatic carbocycles. The average molecular weight is 753 g/mol. The summed E-state index contributed by atoms with van der Waals surface area (Å²) in [6.07, 6.45) is 8.23. The Morgan fingerprint density at radius 3 is 1.58 bits per heavy atom. The van der Waals surface area contributed by atoms with Crippen molar-refractivity contribution in [3.8, 4) is 44.9 Å². The van der Waals surface area contributed by atoms with Crippen molar-refractivity contribution >= 4 is 27.8 Å². The fraction of sp³-hybridized carbons (Fsp3) is 0.184. The van der Waals surface area contributed by atoms with Crippen LogP contribution in [0.15, 0.2) is 153 Å². The molecule has 1 amide bonds. The van der Waals surface area contributed by atoms with Crippen LogP contribution in [0, 0.1) is 0 Å². The molecule has 2 aliphatic carbocycles. The zero-order valence-corrected chi connectivity index (χ0v) is 31.8. The van der Waals surface area contributed by atoms with Gasteiger partial charge in [-0.3, -0.25) is 9.59 Å². The number of nitrogens with zero attached hydrogens (tertiary/aromatic N) is 1. The first-order chi connectivity index (χ1) is 27.6. The predicted octanol–water partition coefficient (Wildman–Crippen LogP) is 10.0. The monoisotopic (exact) mass is 752 g/mol. The fourth-order valence-electron chi connectivity index (χ4n) is 8.23. The maximum atomic E-state index is 12.9. The van der Waals surface area contributed by atoms with E-state index < -0.39 is 5.91 Å². The summed E-state index contributed by atoms with van der Waals surface area (Å²) in [5.74, 6) is 1.03. The number of aryl methyl sites for hydroxylation is 1. The molecule has 3 aromatic heterocycles. The Kier molecular flexibility index (Phi) is 9.03. The van der Waals surface area contributed by atoms with Gasteiger partial charge in [0.2, 0.25) is 5.91 Å². The van der Waals surface area contributed by atoms with Crippen LogP contribution < -0.4 is 22.8 Å². The number of nitrogens with two attached hydrogens (primary N) is 3. The minimum atomic E-state index is -0.468.